The average molecular weight is 361 g/mol. The van der Waals surface area contributed by atoms with E-state index in [1.807, 2.05) is 0 Å². The topological polar surface area (TPSA) is 112 Å². The van der Waals surface area contributed by atoms with Crippen molar-refractivity contribution < 1.29 is 17.9 Å². The normalized spacial score (nSPS) is 11.0. The fourth-order valence-electron chi connectivity index (χ4n) is 2.44. The number of hydrogen-bond acceptors (Lipinski definition) is 5. The van der Waals surface area contributed by atoms with Crippen LogP contribution in [0, 0.1) is 0 Å². The van der Waals surface area contributed by atoms with E-state index >= 15 is 0 Å². The minimum Gasteiger partial charge on any atom is -0.462 e. The predicted molar refractivity (Wildman–Crippen MR) is 93.8 cm³/mol. The van der Waals surface area contributed by atoms with Gasteiger partial charge in [0.1, 0.15) is 0 Å². The third kappa shape index (κ3) is 3.41. The second-order valence-electron chi connectivity index (χ2n) is 5.13. The molecule has 0 spiro atoms. The van der Waals surface area contributed by atoms with Crippen LogP contribution in [0.3, 0.4) is 0 Å². The number of nitrogens with zero attached hydrogens (tertiary/aromatic N) is 1. The molecule has 8 nitrogen and oxygen atoms in total. The van der Waals surface area contributed by atoms with Crippen molar-refractivity contribution in [2.75, 3.05) is 10.9 Å². The number of carbonyl (C=O) groups is 1. The lowest BCUT2D eigenvalue weighted by atomic mass is 10.2. The van der Waals surface area contributed by atoms with Gasteiger partial charge >= 0.3 is 11.7 Å². The number of carbonyl (C=O) groups excluding carboxylic acids is 1. The van der Waals surface area contributed by atoms with Crippen LogP contribution in [0.15, 0.2) is 47.3 Å². The number of aromatic amines is 2. The van der Waals surface area contributed by atoms with Gasteiger partial charge in [0.05, 0.1) is 34.6 Å². The molecule has 2 N–H and O–H groups in total. The van der Waals surface area contributed by atoms with Gasteiger partial charge in [-0.1, -0.05) is 0 Å². The fraction of sp³-hybridized carbons (Fsp3) is 0.125. The van der Waals surface area contributed by atoms with Crippen molar-refractivity contribution in [2.24, 2.45) is 0 Å². The Kier molecular flexibility index (Phi) is 4.57. The molecular formula is C16H15N3O5S. The first-order valence-electron chi connectivity index (χ1n) is 7.43. The summed E-state index contributed by atoms with van der Waals surface area (Å²) in [5, 5.41) is 0. The summed E-state index contributed by atoms with van der Waals surface area (Å²) >= 11 is 0. The second-order valence-corrected chi connectivity index (χ2v) is 6.00. The molecule has 0 radical (unpaired) electrons. The van der Waals surface area contributed by atoms with Crippen LogP contribution in [0.1, 0.15) is 17.3 Å². The average Bonchev–Trinajstić information content (AvgIpc) is 2.95. The Morgan fingerprint density at radius 2 is 1.68 bits per heavy atom. The van der Waals surface area contributed by atoms with Crippen molar-refractivity contribution in [1.82, 2.24) is 9.97 Å². The molecule has 1 heterocycles. The van der Waals surface area contributed by atoms with Crippen molar-refractivity contribution in [1.29, 1.82) is 0 Å². The molecule has 0 saturated carbocycles. The number of imidazole rings is 1. The van der Waals surface area contributed by atoms with Gasteiger partial charge in [0, 0.05) is 0 Å². The van der Waals surface area contributed by atoms with Crippen molar-refractivity contribution in [3.8, 4) is 0 Å². The summed E-state index contributed by atoms with van der Waals surface area (Å²) in [6.07, 6.45) is 0. The Bertz CT molecular complexity index is 1040. The van der Waals surface area contributed by atoms with Crippen molar-refractivity contribution in [2.45, 2.75) is 6.92 Å². The number of rotatable bonds is 5. The predicted octanol–water partition coefficient (Wildman–Crippen LogP) is 1.70. The van der Waals surface area contributed by atoms with Crippen LogP contribution in [0.2, 0.25) is 0 Å². The molecule has 0 unspecified atom stereocenters. The third-order valence-electron chi connectivity index (χ3n) is 3.53. The van der Waals surface area contributed by atoms with Gasteiger partial charge in [0.15, 0.2) is 0 Å². The zero-order chi connectivity index (χ0) is 18.0. The lowest BCUT2D eigenvalue weighted by molar-refractivity contribution is 0.0526. The largest absolute Gasteiger partial charge is 0.462 e. The van der Waals surface area contributed by atoms with Crippen LogP contribution in [-0.2, 0) is 15.6 Å². The number of ether oxygens (including phenoxy) is 1. The maximum absolute atomic E-state index is 11.8. The van der Waals surface area contributed by atoms with Gasteiger partial charge in [0.25, 0.3) is 0 Å². The van der Waals surface area contributed by atoms with E-state index in [4.69, 9.17) is 4.74 Å². The van der Waals surface area contributed by atoms with E-state index in [1.54, 1.807) is 25.1 Å². The first kappa shape index (κ1) is 16.8. The summed E-state index contributed by atoms with van der Waals surface area (Å²) in [4.78, 5) is 28.2. The number of fused-ring (bicyclic) bond motifs is 1. The minimum atomic E-state index is -2.98. The molecule has 3 rings (SSSR count). The zero-order valence-corrected chi connectivity index (χ0v) is 14.1. The van der Waals surface area contributed by atoms with Crippen LogP contribution in [0.4, 0.5) is 11.4 Å². The molecule has 0 aliphatic rings. The van der Waals surface area contributed by atoms with Gasteiger partial charge in [0.2, 0.25) is 10.9 Å². The molecule has 0 bridgehead atoms. The lowest BCUT2D eigenvalue weighted by Crippen LogP contribution is -2.14. The molecule has 0 aliphatic heterocycles. The highest BCUT2D eigenvalue weighted by Crippen LogP contribution is 2.27. The van der Waals surface area contributed by atoms with E-state index in [-0.39, 0.29) is 12.3 Å². The lowest BCUT2D eigenvalue weighted by Gasteiger charge is -2.18. The Balaban J connectivity index is 2.00. The van der Waals surface area contributed by atoms with Gasteiger partial charge in [-0.25, -0.2) is 22.3 Å². The third-order valence-corrected chi connectivity index (χ3v) is 4.32. The van der Waals surface area contributed by atoms with Gasteiger partial charge < -0.3 is 14.7 Å². The highest BCUT2D eigenvalue weighted by Gasteiger charge is 2.14. The number of benzene rings is 2. The van der Waals surface area contributed by atoms with Crippen molar-refractivity contribution in [3.63, 3.8) is 0 Å². The van der Waals surface area contributed by atoms with Crippen molar-refractivity contribution >= 4 is 39.3 Å². The van der Waals surface area contributed by atoms with Crippen LogP contribution in [-0.4, -0.2) is 31.0 Å². The summed E-state index contributed by atoms with van der Waals surface area (Å²) in [5.41, 5.74) is 1.75. The Labute approximate surface area is 144 Å². The van der Waals surface area contributed by atoms with Crippen LogP contribution in [0.25, 0.3) is 11.0 Å². The Morgan fingerprint density at radius 1 is 1.04 bits per heavy atom. The number of esters is 1. The standard InChI is InChI=1S/C16H15N3O5S/c1-2-24-15(20)10-3-5-11(6-4-10)19(25(22)23)12-7-8-13-14(9-12)18-16(21)17-13/h3-9,25H,2H2,1H3,(H2,17,18,21). The smallest absolute Gasteiger partial charge is 0.338 e. The first-order valence-corrected chi connectivity index (χ1v) is 8.56. The van der Waals surface area contributed by atoms with Crippen LogP contribution < -0.4 is 9.99 Å². The van der Waals surface area contributed by atoms with Gasteiger partial charge in [-0.3, -0.25) is 0 Å². The molecule has 0 atom stereocenters. The maximum atomic E-state index is 11.8. The summed E-state index contributed by atoms with van der Waals surface area (Å²) < 4.78 is 29.5. The zero-order valence-electron chi connectivity index (χ0n) is 13.2. The molecule has 0 fully saturated rings. The number of nitrogens with one attached hydrogen (secondary N) is 2. The van der Waals surface area contributed by atoms with E-state index < -0.39 is 16.9 Å². The Hall–Kier alpha value is -3.07. The van der Waals surface area contributed by atoms with E-state index in [2.05, 4.69) is 9.97 Å². The highest BCUT2D eigenvalue weighted by molar-refractivity contribution is 7.74. The summed E-state index contributed by atoms with van der Waals surface area (Å²) in [5.74, 6) is -0.474. The summed E-state index contributed by atoms with van der Waals surface area (Å²) in [6, 6.07) is 10.8. The van der Waals surface area contributed by atoms with E-state index in [0.717, 1.165) is 4.31 Å². The number of hydrogen-bond donors (Lipinski definition) is 3. The molecule has 25 heavy (non-hydrogen) atoms. The first-order chi connectivity index (χ1) is 12.0. The van der Waals surface area contributed by atoms with E-state index in [9.17, 15) is 18.0 Å². The van der Waals surface area contributed by atoms with Crippen LogP contribution in [0.5, 0.6) is 0 Å². The molecule has 0 saturated heterocycles. The van der Waals surface area contributed by atoms with Crippen molar-refractivity contribution in [3.05, 3.63) is 58.5 Å². The molecule has 9 heteroatoms. The number of H-pyrrole nitrogens is 2. The van der Waals surface area contributed by atoms with Gasteiger partial charge in [-0.15, -0.1) is 0 Å². The van der Waals surface area contributed by atoms with Crippen LogP contribution >= 0.6 is 0 Å². The van der Waals surface area contributed by atoms with Gasteiger partial charge in [-0.2, -0.15) is 0 Å². The summed E-state index contributed by atoms with van der Waals surface area (Å²) in [6.45, 7) is 1.96. The quantitative estimate of drug-likeness (QED) is 0.473. The monoisotopic (exact) mass is 361 g/mol. The molecule has 3 aromatic rings. The number of anilines is 2. The Morgan fingerprint density at radius 3 is 2.32 bits per heavy atom. The molecule has 2 aromatic carbocycles. The SMILES string of the molecule is CCOC(=O)c1ccc(N(c2ccc3[nH]c(=O)[nH]c3c2)[SH](=O)=O)cc1. The maximum Gasteiger partial charge on any atom is 0.338 e. The molecule has 130 valence electrons. The summed E-state index contributed by atoms with van der Waals surface area (Å²) in [7, 11) is -2.98. The fourth-order valence-corrected chi connectivity index (χ4v) is 3.08. The number of thiol groups is 1. The van der Waals surface area contributed by atoms with E-state index in [1.165, 1.54) is 24.3 Å². The second kappa shape index (κ2) is 6.81. The molecule has 0 aliphatic carbocycles. The minimum absolute atomic E-state index is 0.258. The number of aromatic nitrogens is 2. The highest BCUT2D eigenvalue weighted by atomic mass is 32.2. The molecule has 0 amide bonds. The van der Waals surface area contributed by atoms with Gasteiger partial charge in [-0.05, 0) is 49.4 Å². The molecular weight excluding hydrogens is 346 g/mol. The van der Waals surface area contributed by atoms with E-state index in [0.29, 0.717) is 28.0 Å². The molecule has 1 aromatic heterocycles.